The van der Waals surface area contributed by atoms with Gasteiger partial charge in [-0.3, -0.25) is 9.59 Å². The summed E-state index contributed by atoms with van der Waals surface area (Å²) in [6.07, 6.45) is -2.18. The van der Waals surface area contributed by atoms with Crippen LogP contribution >= 0.6 is 0 Å². The molecule has 1 aliphatic rings. The van der Waals surface area contributed by atoms with Crippen molar-refractivity contribution in [1.29, 1.82) is 0 Å². The fraction of sp³-hybridized carbons (Fsp3) is 0.714. The van der Waals surface area contributed by atoms with Gasteiger partial charge in [0, 0.05) is 0 Å². The Balaban J connectivity index is 2.83. The van der Waals surface area contributed by atoms with E-state index in [9.17, 15) is 9.59 Å². The smallest absolute Gasteiger partial charge is 0.249 e. The van der Waals surface area contributed by atoms with Crippen molar-refractivity contribution in [2.45, 2.75) is 31.8 Å². The van der Waals surface area contributed by atoms with E-state index in [1.807, 2.05) is 0 Å². The number of carbonyl (C=O) groups is 2. The summed E-state index contributed by atoms with van der Waals surface area (Å²) in [6, 6.07) is 0. The molecule has 0 spiro atoms. The molecule has 6 nitrogen and oxygen atoms in total. The monoisotopic (exact) mass is 188 g/mol. The molecule has 13 heavy (non-hydrogen) atoms. The first-order chi connectivity index (χ1) is 5.83. The highest BCUT2D eigenvalue weighted by molar-refractivity contribution is 5.89. The minimum absolute atomic E-state index is 0.755. The third kappa shape index (κ3) is 1.96. The Labute approximate surface area is 75.2 Å². The van der Waals surface area contributed by atoms with E-state index in [0.29, 0.717) is 0 Å². The molecule has 0 aromatic carbocycles. The van der Waals surface area contributed by atoms with Crippen LogP contribution in [0.15, 0.2) is 0 Å². The quantitative estimate of drug-likeness (QED) is 0.548. The number of amides is 2. The van der Waals surface area contributed by atoms with Gasteiger partial charge in [0.15, 0.2) is 18.0 Å². The van der Waals surface area contributed by atoms with Crippen molar-refractivity contribution in [2.75, 3.05) is 0 Å². The molecule has 0 saturated carbocycles. The number of rotatable bonds is 2. The molecule has 1 saturated heterocycles. The molecule has 74 valence electrons. The van der Waals surface area contributed by atoms with Crippen LogP contribution in [-0.2, 0) is 19.1 Å². The summed E-state index contributed by atoms with van der Waals surface area (Å²) in [4.78, 5) is 21.6. The van der Waals surface area contributed by atoms with E-state index in [2.05, 4.69) is 0 Å². The Morgan fingerprint density at radius 1 is 1.08 bits per heavy atom. The van der Waals surface area contributed by atoms with Crippen molar-refractivity contribution < 1.29 is 19.1 Å². The first-order valence-corrected chi connectivity index (χ1v) is 3.78. The number of carbonyl (C=O) groups excluding carboxylic acids is 2. The molecule has 0 aliphatic carbocycles. The fourth-order valence-electron chi connectivity index (χ4n) is 1.18. The zero-order valence-electron chi connectivity index (χ0n) is 7.44. The molecule has 2 amide bonds. The van der Waals surface area contributed by atoms with Gasteiger partial charge in [0.25, 0.3) is 0 Å². The number of nitrogens with two attached hydrogens (primary N) is 2. The van der Waals surface area contributed by atoms with Crippen LogP contribution in [0, 0.1) is 0 Å². The van der Waals surface area contributed by atoms with Gasteiger partial charge in [-0.15, -0.1) is 0 Å². The van der Waals surface area contributed by atoms with Crippen LogP contribution in [0.25, 0.3) is 0 Å². The van der Waals surface area contributed by atoms with E-state index in [1.165, 1.54) is 0 Å². The molecule has 1 fully saturated rings. The summed E-state index contributed by atoms with van der Waals surface area (Å²) >= 11 is 0. The molecule has 4 N–H and O–H groups in total. The van der Waals surface area contributed by atoms with Crippen molar-refractivity contribution in [3.05, 3.63) is 0 Å². The Morgan fingerprint density at radius 3 is 1.62 bits per heavy atom. The largest absolute Gasteiger partial charge is 0.367 e. The van der Waals surface area contributed by atoms with Gasteiger partial charge in [-0.1, -0.05) is 0 Å². The Morgan fingerprint density at radius 2 is 1.38 bits per heavy atom. The van der Waals surface area contributed by atoms with Crippen molar-refractivity contribution in [3.63, 3.8) is 0 Å². The Hall–Kier alpha value is -1.14. The van der Waals surface area contributed by atoms with Gasteiger partial charge in [-0.25, -0.2) is 0 Å². The molecule has 0 bridgehead atoms. The highest BCUT2D eigenvalue weighted by Crippen LogP contribution is 2.27. The molecule has 1 heterocycles. The molecule has 1 aliphatic heterocycles. The Bertz CT molecular complexity index is 227. The summed E-state index contributed by atoms with van der Waals surface area (Å²) in [5, 5.41) is 0. The van der Waals surface area contributed by atoms with Crippen molar-refractivity contribution in [2.24, 2.45) is 11.5 Å². The lowest BCUT2D eigenvalue weighted by Gasteiger charge is -2.15. The van der Waals surface area contributed by atoms with Gasteiger partial charge >= 0.3 is 0 Å². The molecular weight excluding hydrogens is 176 g/mol. The molecule has 0 aromatic heterocycles. The maximum atomic E-state index is 10.8. The second kappa shape index (κ2) is 2.97. The maximum Gasteiger partial charge on any atom is 0.249 e. The minimum Gasteiger partial charge on any atom is -0.367 e. The van der Waals surface area contributed by atoms with E-state index in [4.69, 9.17) is 20.9 Å². The second-order valence-corrected chi connectivity index (χ2v) is 3.28. The van der Waals surface area contributed by atoms with Crippen molar-refractivity contribution in [1.82, 2.24) is 0 Å². The average molecular weight is 188 g/mol. The lowest BCUT2D eigenvalue weighted by Crippen LogP contribution is -2.44. The number of primary amides is 2. The van der Waals surface area contributed by atoms with Crippen LogP contribution in [0.5, 0.6) is 0 Å². The lowest BCUT2D eigenvalue weighted by molar-refractivity contribution is -0.157. The van der Waals surface area contributed by atoms with Gasteiger partial charge < -0.3 is 20.9 Å². The van der Waals surface area contributed by atoms with E-state index < -0.39 is 29.8 Å². The van der Waals surface area contributed by atoms with Crippen LogP contribution in [0.1, 0.15) is 13.8 Å². The minimum atomic E-state index is -1.09. The fourth-order valence-corrected chi connectivity index (χ4v) is 1.18. The third-order valence-corrected chi connectivity index (χ3v) is 1.66. The number of hydrogen-bond acceptors (Lipinski definition) is 4. The summed E-state index contributed by atoms with van der Waals surface area (Å²) in [6.45, 7) is 3.15. The average Bonchev–Trinajstić information content (AvgIpc) is 2.26. The number of hydrogen-bond donors (Lipinski definition) is 2. The van der Waals surface area contributed by atoms with Crippen LogP contribution in [0.3, 0.4) is 0 Å². The standard InChI is InChI=1S/C7H12N2O4/c1-7(2)12-3(5(8)10)4(13-7)6(9)11/h3-4H,1-2H3,(H2,8,10)(H2,9,11)/t3-,4+. The molecule has 0 unspecified atom stereocenters. The Kier molecular flexibility index (Phi) is 2.27. The van der Waals surface area contributed by atoms with E-state index in [1.54, 1.807) is 13.8 Å². The lowest BCUT2D eigenvalue weighted by atomic mass is 10.2. The van der Waals surface area contributed by atoms with Crippen LogP contribution in [-0.4, -0.2) is 29.8 Å². The maximum absolute atomic E-state index is 10.8. The van der Waals surface area contributed by atoms with E-state index in [-0.39, 0.29) is 0 Å². The zero-order chi connectivity index (χ0) is 10.2. The predicted molar refractivity (Wildman–Crippen MR) is 42.2 cm³/mol. The van der Waals surface area contributed by atoms with E-state index >= 15 is 0 Å². The summed E-state index contributed by atoms with van der Waals surface area (Å²) in [5.74, 6) is -2.51. The zero-order valence-corrected chi connectivity index (χ0v) is 7.44. The van der Waals surface area contributed by atoms with Gasteiger partial charge in [-0.05, 0) is 13.8 Å². The molecule has 6 heteroatoms. The molecule has 0 aromatic rings. The topological polar surface area (TPSA) is 105 Å². The van der Waals surface area contributed by atoms with Crippen LogP contribution in [0.4, 0.5) is 0 Å². The first-order valence-electron chi connectivity index (χ1n) is 3.78. The summed E-state index contributed by atoms with van der Waals surface area (Å²) < 4.78 is 10.2. The van der Waals surface area contributed by atoms with Gasteiger partial charge in [0.2, 0.25) is 11.8 Å². The predicted octanol–water partition coefficient (Wildman–Crippen LogP) is -1.52. The molecule has 1 rings (SSSR count). The van der Waals surface area contributed by atoms with Crippen molar-refractivity contribution >= 4 is 11.8 Å². The third-order valence-electron chi connectivity index (χ3n) is 1.66. The first kappa shape index (κ1) is 9.94. The normalized spacial score (nSPS) is 31.5. The molecule has 0 radical (unpaired) electrons. The second-order valence-electron chi connectivity index (χ2n) is 3.28. The molecule has 2 atom stereocenters. The van der Waals surface area contributed by atoms with Crippen molar-refractivity contribution in [3.8, 4) is 0 Å². The van der Waals surface area contributed by atoms with Crippen LogP contribution < -0.4 is 11.5 Å². The molecular formula is C7H12N2O4. The number of ether oxygens (including phenoxy) is 2. The van der Waals surface area contributed by atoms with Crippen LogP contribution in [0.2, 0.25) is 0 Å². The summed E-state index contributed by atoms with van der Waals surface area (Å²) in [7, 11) is 0. The summed E-state index contributed by atoms with van der Waals surface area (Å²) in [5.41, 5.74) is 9.99. The van der Waals surface area contributed by atoms with Gasteiger partial charge in [0.05, 0.1) is 0 Å². The van der Waals surface area contributed by atoms with Gasteiger partial charge in [0.1, 0.15) is 0 Å². The highest BCUT2D eigenvalue weighted by atomic mass is 16.8. The van der Waals surface area contributed by atoms with E-state index in [0.717, 1.165) is 0 Å². The van der Waals surface area contributed by atoms with Gasteiger partial charge in [-0.2, -0.15) is 0 Å². The SMILES string of the molecule is CC1(C)O[C@H](C(N)=O)[C@H](C(N)=O)O1. The highest BCUT2D eigenvalue weighted by Gasteiger charge is 2.47.